The molecule has 0 unspecified atom stereocenters. The molecule has 3 heteroatoms. The third kappa shape index (κ3) is 2.60. The van der Waals surface area contributed by atoms with E-state index in [4.69, 9.17) is 10.2 Å². The van der Waals surface area contributed by atoms with Crippen molar-refractivity contribution in [3.8, 4) is 0 Å². The van der Waals surface area contributed by atoms with E-state index in [9.17, 15) is 0 Å². The second-order valence-electron chi connectivity index (χ2n) is 5.91. The van der Waals surface area contributed by atoms with Crippen LogP contribution in [-0.4, -0.2) is 18.0 Å². The number of hydrogen-bond donors (Lipinski definition) is 1. The van der Waals surface area contributed by atoms with Crippen molar-refractivity contribution in [3.63, 3.8) is 0 Å². The first-order valence-corrected chi connectivity index (χ1v) is 7.69. The van der Waals surface area contributed by atoms with Crippen LogP contribution in [0.4, 0.5) is 0 Å². The zero-order valence-corrected chi connectivity index (χ0v) is 12.3. The van der Waals surface area contributed by atoms with E-state index in [-0.39, 0.29) is 0 Å². The van der Waals surface area contributed by atoms with E-state index in [2.05, 4.69) is 18.0 Å². The van der Waals surface area contributed by atoms with Crippen molar-refractivity contribution in [1.82, 2.24) is 4.90 Å². The van der Waals surface area contributed by atoms with Crippen molar-refractivity contribution < 1.29 is 4.42 Å². The van der Waals surface area contributed by atoms with Gasteiger partial charge in [-0.25, -0.2) is 0 Å². The summed E-state index contributed by atoms with van der Waals surface area (Å²) >= 11 is 0. The maximum atomic E-state index is 6.03. The van der Waals surface area contributed by atoms with Crippen molar-refractivity contribution in [2.24, 2.45) is 5.73 Å². The van der Waals surface area contributed by atoms with Gasteiger partial charge in [0.25, 0.3) is 0 Å². The predicted octanol–water partition coefficient (Wildman–Crippen LogP) is 3.66. The molecule has 1 fully saturated rings. The zero-order chi connectivity index (χ0) is 13.9. The summed E-state index contributed by atoms with van der Waals surface area (Å²) in [6.45, 7) is 1.41. The fraction of sp³-hybridized carbons (Fsp3) is 0.529. The smallest absolute Gasteiger partial charge is 0.134 e. The van der Waals surface area contributed by atoms with Crippen LogP contribution < -0.4 is 5.73 Å². The van der Waals surface area contributed by atoms with Gasteiger partial charge < -0.3 is 10.2 Å². The number of benzene rings is 1. The number of nitrogens with zero attached hydrogens (tertiary/aromatic N) is 1. The average Bonchev–Trinajstić information content (AvgIpc) is 2.85. The largest absolute Gasteiger partial charge is 0.459 e. The van der Waals surface area contributed by atoms with E-state index in [0.717, 1.165) is 17.9 Å². The van der Waals surface area contributed by atoms with Crippen LogP contribution in [0.15, 0.2) is 28.7 Å². The highest BCUT2D eigenvalue weighted by Gasteiger charge is 2.21. The maximum absolute atomic E-state index is 6.03. The molecule has 0 atom stereocenters. The van der Waals surface area contributed by atoms with Gasteiger partial charge in [0.1, 0.15) is 11.3 Å². The Morgan fingerprint density at radius 3 is 2.70 bits per heavy atom. The normalized spacial score (nSPS) is 17.1. The van der Waals surface area contributed by atoms with E-state index in [0.29, 0.717) is 12.6 Å². The minimum absolute atomic E-state index is 0.546. The lowest BCUT2D eigenvalue weighted by Crippen LogP contribution is -2.33. The van der Waals surface area contributed by atoms with Gasteiger partial charge in [-0.2, -0.15) is 0 Å². The van der Waals surface area contributed by atoms with E-state index in [1.165, 1.54) is 43.1 Å². The predicted molar refractivity (Wildman–Crippen MR) is 82.4 cm³/mol. The molecular weight excluding hydrogens is 248 g/mol. The highest BCUT2D eigenvalue weighted by molar-refractivity contribution is 5.82. The molecule has 20 heavy (non-hydrogen) atoms. The minimum Gasteiger partial charge on any atom is -0.459 e. The lowest BCUT2D eigenvalue weighted by atomic mass is 9.94. The fourth-order valence-electron chi connectivity index (χ4n) is 3.38. The van der Waals surface area contributed by atoms with Crippen LogP contribution in [0.2, 0.25) is 0 Å². The number of furan rings is 1. The number of para-hydroxylation sites is 1. The number of fused-ring (bicyclic) bond motifs is 1. The summed E-state index contributed by atoms with van der Waals surface area (Å²) in [6, 6.07) is 8.89. The summed E-state index contributed by atoms with van der Waals surface area (Å²) in [7, 11) is 2.21. The Morgan fingerprint density at radius 2 is 1.95 bits per heavy atom. The van der Waals surface area contributed by atoms with Gasteiger partial charge in [0.2, 0.25) is 0 Å². The van der Waals surface area contributed by atoms with Crippen LogP contribution >= 0.6 is 0 Å². The summed E-state index contributed by atoms with van der Waals surface area (Å²) in [4.78, 5) is 2.44. The van der Waals surface area contributed by atoms with Gasteiger partial charge >= 0.3 is 0 Å². The Balaban J connectivity index is 1.82. The Hall–Kier alpha value is -1.32. The first-order valence-electron chi connectivity index (χ1n) is 7.69. The van der Waals surface area contributed by atoms with Crippen LogP contribution in [0.1, 0.15) is 43.4 Å². The van der Waals surface area contributed by atoms with Gasteiger partial charge in [-0.3, -0.25) is 4.90 Å². The first kappa shape index (κ1) is 13.7. The molecule has 3 rings (SSSR count). The van der Waals surface area contributed by atoms with Gasteiger partial charge in [0.15, 0.2) is 0 Å². The molecule has 3 nitrogen and oxygen atoms in total. The molecule has 108 valence electrons. The van der Waals surface area contributed by atoms with Crippen LogP contribution in [0.5, 0.6) is 0 Å². The van der Waals surface area contributed by atoms with E-state index >= 15 is 0 Å². The Morgan fingerprint density at radius 1 is 1.20 bits per heavy atom. The van der Waals surface area contributed by atoms with Crippen LogP contribution in [-0.2, 0) is 13.1 Å². The molecule has 0 spiro atoms. The molecule has 0 amide bonds. The number of rotatable bonds is 4. The van der Waals surface area contributed by atoms with Gasteiger partial charge in [-0.1, -0.05) is 37.5 Å². The van der Waals surface area contributed by atoms with Gasteiger partial charge in [0, 0.05) is 23.5 Å². The van der Waals surface area contributed by atoms with Crippen LogP contribution in [0.25, 0.3) is 11.0 Å². The third-order valence-electron chi connectivity index (χ3n) is 4.58. The van der Waals surface area contributed by atoms with E-state index in [1.54, 1.807) is 0 Å². The zero-order valence-electron chi connectivity index (χ0n) is 12.3. The summed E-state index contributed by atoms with van der Waals surface area (Å²) in [5, 5.41) is 1.17. The van der Waals surface area contributed by atoms with Crippen LogP contribution in [0.3, 0.4) is 0 Å². The highest BCUT2D eigenvalue weighted by atomic mass is 16.3. The molecule has 0 bridgehead atoms. The first-order chi connectivity index (χ1) is 9.79. The molecule has 1 aliphatic carbocycles. The van der Waals surface area contributed by atoms with Crippen molar-refractivity contribution in [2.45, 2.75) is 51.2 Å². The quantitative estimate of drug-likeness (QED) is 0.923. The molecule has 0 radical (unpaired) electrons. The lowest BCUT2D eigenvalue weighted by molar-refractivity contribution is 0.173. The Labute approximate surface area is 120 Å². The van der Waals surface area contributed by atoms with E-state index < -0.39 is 0 Å². The van der Waals surface area contributed by atoms with Crippen molar-refractivity contribution in [3.05, 3.63) is 35.6 Å². The van der Waals surface area contributed by atoms with E-state index in [1.807, 2.05) is 18.2 Å². The average molecular weight is 272 g/mol. The number of hydrogen-bond acceptors (Lipinski definition) is 3. The van der Waals surface area contributed by atoms with Gasteiger partial charge in [0.05, 0.1) is 6.54 Å². The number of nitrogens with two attached hydrogens (primary N) is 1. The van der Waals surface area contributed by atoms with Crippen molar-refractivity contribution in [1.29, 1.82) is 0 Å². The van der Waals surface area contributed by atoms with Crippen LogP contribution in [0, 0.1) is 0 Å². The standard InChI is InChI=1S/C17H24N2O/c1-19(13-7-3-2-4-8-13)12-17-15(11-18)14-9-5-6-10-16(14)20-17/h5-6,9-10,13H,2-4,7-8,11-12,18H2,1H3. The molecule has 2 N–H and O–H groups in total. The Kier molecular flexibility index (Phi) is 4.08. The van der Waals surface area contributed by atoms with Gasteiger partial charge in [-0.05, 0) is 26.0 Å². The maximum Gasteiger partial charge on any atom is 0.134 e. The molecule has 1 aromatic carbocycles. The van der Waals surface area contributed by atoms with Crippen molar-refractivity contribution in [2.75, 3.05) is 7.05 Å². The summed E-state index contributed by atoms with van der Waals surface area (Å²) < 4.78 is 6.03. The highest BCUT2D eigenvalue weighted by Crippen LogP contribution is 2.28. The summed E-state index contributed by atoms with van der Waals surface area (Å²) in [6.07, 6.45) is 6.74. The summed E-state index contributed by atoms with van der Waals surface area (Å²) in [5.74, 6) is 1.04. The molecule has 0 saturated heterocycles. The molecule has 0 aliphatic heterocycles. The molecule has 1 aliphatic rings. The summed E-state index contributed by atoms with van der Waals surface area (Å²) in [5.41, 5.74) is 8.06. The Bertz CT molecular complexity index is 569. The lowest BCUT2D eigenvalue weighted by Gasteiger charge is -2.30. The second kappa shape index (κ2) is 5.98. The third-order valence-corrected chi connectivity index (χ3v) is 4.58. The second-order valence-corrected chi connectivity index (χ2v) is 5.91. The van der Waals surface area contributed by atoms with Crippen molar-refractivity contribution >= 4 is 11.0 Å². The minimum atomic E-state index is 0.546. The fourth-order valence-corrected chi connectivity index (χ4v) is 3.38. The molecule has 1 heterocycles. The molecule has 1 aromatic heterocycles. The molecule has 2 aromatic rings. The topological polar surface area (TPSA) is 42.4 Å². The molecular formula is C17H24N2O. The SMILES string of the molecule is CN(Cc1oc2ccccc2c1CN)C1CCCCC1. The molecule has 1 saturated carbocycles. The van der Waals surface area contributed by atoms with Gasteiger partial charge in [-0.15, -0.1) is 0 Å². The monoisotopic (exact) mass is 272 g/mol.